The number of para-hydroxylation sites is 1. The topological polar surface area (TPSA) is 21.3 Å². The Labute approximate surface area is 135 Å². The van der Waals surface area contributed by atoms with Crippen LogP contribution in [-0.2, 0) is 0 Å². The molecule has 2 aromatic carbocycles. The molecule has 1 N–H and O–H groups in total. The van der Waals surface area contributed by atoms with E-state index >= 15 is 0 Å². The van der Waals surface area contributed by atoms with Crippen molar-refractivity contribution >= 4 is 17.3 Å². The van der Waals surface area contributed by atoms with E-state index in [1.807, 2.05) is 18.2 Å². The van der Waals surface area contributed by atoms with Crippen LogP contribution in [0.5, 0.6) is 5.75 Å². The molecule has 1 aliphatic heterocycles. The first-order valence-corrected chi connectivity index (χ1v) is 8.02. The minimum absolute atomic E-state index is 0.206. The van der Waals surface area contributed by atoms with Crippen LogP contribution >= 0.6 is 11.6 Å². The number of nitrogens with one attached hydrogen (secondary N) is 1. The second-order valence-electron chi connectivity index (χ2n) is 5.92. The predicted molar refractivity (Wildman–Crippen MR) is 90.8 cm³/mol. The van der Waals surface area contributed by atoms with Gasteiger partial charge in [-0.1, -0.05) is 54.1 Å². The number of fused-ring (bicyclic) bond motifs is 3. The van der Waals surface area contributed by atoms with Crippen molar-refractivity contribution in [2.75, 3.05) is 12.4 Å². The van der Waals surface area contributed by atoms with E-state index in [-0.39, 0.29) is 6.04 Å². The van der Waals surface area contributed by atoms with Crippen molar-refractivity contribution in [2.45, 2.75) is 18.4 Å². The zero-order valence-corrected chi connectivity index (χ0v) is 13.2. The van der Waals surface area contributed by atoms with Crippen molar-refractivity contribution < 1.29 is 4.74 Å². The molecule has 0 spiro atoms. The number of hydrogen-bond donors (Lipinski definition) is 1. The zero-order valence-electron chi connectivity index (χ0n) is 12.4. The third kappa shape index (κ3) is 2.02. The molecule has 0 radical (unpaired) electrons. The first-order chi connectivity index (χ1) is 10.8. The van der Waals surface area contributed by atoms with Crippen LogP contribution in [0.3, 0.4) is 0 Å². The highest BCUT2D eigenvalue weighted by atomic mass is 35.5. The second kappa shape index (κ2) is 5.36. The van der Waals surface area contributed by atoms with Crippen molar-refractivity contribution in [1.29, 1.82) is 0 Å². The van der Waals surface area contributed by atoms with Crippen molar-refractivity contribution in [2.24, 2.45) is 5.92 Å². The number of rotatable bonds is 2. The van der Waals surface area contributed by atoms with Gasteiger partial charge in [0, 0.05) is 10.9 Å². The Balaban J connectivity index is 1.85. The predicted octanol–water partition coefficient (Wildman–Crippen LogP) is 5.18. The first kappa shape index (κ1) is 13.7. The van der Waals surface area contributed by atoms with E-state index in [4.69, 9.17) is 16.3 Å². The second-order valence-corrected chi connectivity index (χ2v) is 6.33. The molecular formula is C19H18ClNO. The molecule has 0 saturated heterocycles. The summed E-state index contributed by atoms with van der Waals surface area (Å²) in [6.45, 7) is 0. The average molecular weight is 312 g/mol. The molecule has 3 atom stereocenters. The maximum atomic E-state index is 6.46. The molecule has 1 heterocycles. The normalized spacial score (nSPS) is 25.3. The minimum atomic E-state index is 0.206. The van der Waals surface area contributed by atoms with Gasteiger partial charge in [-0.2, -0.15) is 0 Å². The summed E-state index contributed by atoms with van der Waals surface area (Å²) < 4.78 is 5.56. The summed E-state index contributed by atoms with van der Waals surface area (Å²) in [7, 11) is 1.72. The Bertz CT molecular complexity index is 740. The molecule has 0 bridgehead atoms. The average Bonchev–Trinajstić information content (AvgIpc) is 3.04. The van der Waals surface area contributed by atoms with E-state index in [9.17, 15) is 0 Å². The minimum Gasteiger partial charge on any atom is -0.495 e. The van der Waals surface area contributed by atoms with Gasteiger partial charge in [0.25, 0.3) is 0 Å². The maximum absolute atomic E-state index is 6.46. The molecule has 0 aromatic heterocycles. The quantitative estimate of drug-likeness (QED) is 0.772. The lowest BCUT2D eigenvalue weighted by molar-refractivity contribution is 0.397. The molecule has 2 aliphatic rings. The Morgan fingerprint density at radius 2 is 1.91 bits per heavy atom. The van der Waals surface area contributed by atoms with Gasteiger partial charge >= 0.3 is 0 Å². The molecule has 2 nitrogen and oxygen atoms in total. The molecule has 0 fully saturated rings. The van der Waals surface area contributed by atoms with Gasteiger partial charge in [0.05, 0.1) is 18.8 Å². The summed E-state index contributed by atoms with van der Waals surface area (Å²) in [5.74, 6) is 1.82. The molecule has 22 heavy (non-hydrogen) atoms. The van der Waals surface area contributed by atoms with Crippen LogP contribution in [0.4, 0.5) is 5.69 Å². The number of methoxy groups -OCH3 is 1. The highest BCUT2D eigenvalue weighted by molar-refractivity contribution is 6.31. The van der Waals surface area contributed by atoms with E-state index < -0.39 is 0 Å². The fourth-order valence-electron chi connectivity index (χ4n) is 3.80. The fourth-order valence-corrected chi connectivity index (χ4v) is 4.05. The van der Waals surface area contributed by atoms with Gasteiger partial charge in [-0.05, 0) is 35.6 Å². The maximum Gasteiger partial charge on any atom is 0.142 e. The lowest BCUT2D eigenvalue weighted by Crippen LogP contribution is -2.29. The Hall–Kier alpha value is -1.93. The number of allylic oxidation sites excluding steroid dienone is 2. The summed E-state index contributed by atoms with van der Waals surface area (Å²) >= 11 is 6.46. The van der Waals surface area contributed by atoms with Gasteiger partial charge in [-0.3, -0.25) is 0 Å². The number of anilines is 1. The summed E-state index contributed by atoms with van der Waals surface area (Å²) in [6, 6.07) is 14.6. The summed E-state index contributed by atoms with van der Waals surface area (Å²) in [4.78, 5) is 0. The van der Waals surface area contributed by atoms with Gasteiger partial charge in [0.15, 0.2) is 0 Å². The number of halogens is 1. The van der Waals surface area contributed by atoms with E-state index in [0.29, 0.717) is 11.8 Å². The molecular weight excluding hydrogens is 294 g/mol. The van der Waals surface area contributed by atoms with Gasteiger partial charge in [0.2, 0.25) is 0 Å². The molecule has 3 heteroatoms. The molecule has 4 rings (SSSR count). The van der Waals surface area contributed by atoms with Crippen LogP contribution in [0, 0.1) is 5.92 Å². The van der Waals surface area contributed by atoms with Crippen LogP contribution in [0.1, 0.15) is 29.5 Å². The Kier molecular flexibility index (Phi) is 3.34. The van der Waals surface area contributed by atoms with E-state index in [1.165, 1.54) is 11.1 Å². The Morgan fingerprint density at radius 1 is 1.09 bits per heavy atom. The van der Waals surface area contributed by atoms with E-state index in [0.717, 1.165) is 22.9 Å². The third-order valence-corrected chi connectivity index (χ3v) is 5.16. The SMILES string of the molecule is COc1cccc2c1N[C@H](c1ccccc1Cl)[C@@H]1CC=C[C@H]21. The fraction of sp³-hybridized carbons (Fsp3) is 0.263. The van der Waals surface area contributed by atoms with Gasteiger partial charge < -0.3 is 10.1 Å². The highest BCUT2D eigenvalue weighted by Gasteiger charge is 2.39. The van der Waals surface area contributed by atoms with Crippen molar-refractivity contribution in [1.82, 2.24) is 0 Å². The summed E-state index contributed by atoms with van der Waals surface area (Å²) in [5.41, 5.74) is 3.59. The van der Waals surface area contributed by atoms with Crippen molar-refractivity contribution in [3.8, 4) is 5.75 Å². The number of hydrogen-bond acceptors (Lipinski definition) is 2. The van der Waals surface area contributed by atoms with E-state index in [2.05, 4.69) is 41.7 Å². The van der Waals surface area contributed by atoms with Crippen LogP contribution in [-0.4, -0.2) is 7.11 Å². The lowest BCUT2D eigenvalue weighted by atomic mass is 9.77. The van der Waals surface area contributed by atoms with E-state index in [1.54, 1.807) is 7.11 Å². The molecule has 2 aromatic rings. The molecule has 0 amide bonds. The van der Waals surface area contributed by atoms with Crippen LogP contribution in [0.25, 0.3) is 0 Å². The standard InChI is InChI=1S/C19H18ClNO/c1-22-17-11-5-9-14-12-7-4-8-13(12)18(21-19(14)17)15-6-2-3-10-16(15)20/h2-7,9-13,18,21H,8H2,1H3/t12-,13+,18-/m0/s1. The largest absolute Gasteiger partial charge is 0.495 e. The molecule has 1 aliphatic carbocycles. The summed E-state index contributed by atoms with van der Waals surface area (Å²) in [5, 5.41) is 4.52. The van der Waals surface area contributed by atoms with Gasteiger partial charge in [-0.25, -0.2) is 0 Å². The lowest BCUT2D eigenvalue weighted by Gasteiger charge is -2.38. The van der Waals surface area contributed by atoms with Crippen LogP contribution in [0.15, 0.2) is 54.6 Å². The van der Waals surface area contributed by atoms with Crippen molar-refractivity contribution in [3.63, 3.8) is 0 Å². The monoisotopic (exact) mass is 311 g/mol. The zero-order chi connectivity index (χ0) is 15.1. The molecule has 112 valence electrons. The van der Waals surface area contributed by atoms with Crippen LogP contribution < -0.4 is 10.1 Å². The van der Waals surface area contributed by atoms with Gasteiger partial charge in [-0.15, -0.1) is 0 Å². The van der Waals surface area contributed by atoms with Crippen LogP contribution in [0.2, 0.25) is 5.02 Å². The van der Waals surface area contributed by atoms with Gasteiger partial charge in [0.1, 0.15) is 5.75 Å². The molecule has 0 saturated carbocycles. The summed E-state index contributed by atoms with van der Waals surface area (Å²) in [6.07, 6.45) is 5.69. The Morgan fingerprint density at radius 3 is 2.73 bits per heavy atom. The highest BCUT2D eigenvalue weighted by Crippen LogP contribution is 2.52. The third-order valence-electron chi connectivity index (χ3n) is 4.82. The molecule has 0 unspecified atom stereocenters. The number of benzene rings is 2. The first-order valence-electron chi connectivity index (χ1n) is 7.64. The van der Waals surface area contributed by atoms with Crippen molar-refractivity contribution in [3.05, 3.63) is 70.8 Å². The number of ether oxygens (including phenoxy) is 1. The smallest absolute Gasteiger partial charge is 0.142 e.